The second-order valence-electron chi connectivity index (χ2n) is 10.1. The lowest BCUT2D eigenvalue weighted by Crippen LogP contribution is -2.35. The SMILES string of the molecule is Cc1ccc2c(c1)c1nnc(SCCCCC(=O)N3CCc4ccccc4C3)nc1n2Cc1ccccc1F. The van der Waals surface area contributed by atoms with Crippen molar-refractivity contribution >= 4 is 39.7 Å². The van der Waals surface area contributed by atoms with E-state index in [4.69, 9.17) is 4.98 Å². The van der Waals surface area contributed by atoms with Crippen molar-refractivity contribution in [2.45, 2.75) is 50.9 Å². The lowest BCUT2D eigenvalue weighted by atomic mass is 9.99. The molecule has 0 saturated carbocycles. The van der Waals surface area contributed by atoms with Crippen molar-refractivity contribution in [3.05, 3.63) is 94.8 Å². The number of benzene rings is 3. The Kier molecular flexibility index (Phi) is 7.28. The molecule has 5 aromatic rings. The van der Waals surface area contributed by atoms with Gasteiger partial charge in [-0.3, -0.25) is 4.79 Å². The number of hydrogen-bond donors (Lipinski definition) is 0. The molecule has 8 heteroatoms. The molecule has 198 valence electrons. The molecule has 0 fully saturated rings. The van der Waals surface area contributed by atoms with Gasteiger partial charge in [0.15, 0.2) is 5.65 Å². The molecular formula is C31H30FN5OS. The minimum Gasteiger partial charge on any atom is -0.338 e. The van der Waals surface area contributed by atoms with Crippen LogP contribution in [0.2, 0.25) is 0 Å². The predicted octanol–water partition coefficient (Wildman–Crippen LogP) is 6.32. The minimum atomic E-state index is -0.237. The van der Waals surface area contributed by atoms with Crippen LogP contribution >= 0.6 is 11.8 Å². The van der Waals surface area contributed by atoms with Gasteiger partial charge in [0.1, 0.15) is 11.3 Å². The third-order valence-corrected chi connectivity index (χ3v) is 8.31. The van der Waals surface area contributed by atoms with Crippen molar-refractivity contribution in [1.29, 1.82) is 0 Å². The van der Waals surface area contributed by atoms with Gasteiger partial charge in [0.25, 0.3) is 0 Å². The van der Waals surface area contributed by atoms with E-state index in [1.165, 1.54) is 17.2 Å². The van der Waals surface area contributed by atoms with Gasteiger partial charge in [0, 0.05) is 36.2 Å². The summed E-state index contributed by atoms with van der Waals surface area (Å²) in [4.78, 5) is 19.6. The van der Waals surface area contributed by atoms with E-state index in [9.17, 15) is 9.18 Å². The number of amides is 1. The summed E-state index contributed by atoms with van der Waals surface area (Å²) in [6.07, 6.45) is 3.20. The highest BCUT2D eigenvalue weighted by Crippen LogP contribution is 2.29. The Bertz CT molecular complexity index is 1670. The number of thioether (sulfide) groups is 1. The molecule has 1 aliphatic rings. The molecule has 0 bridgehead atoms. The summed E-state index contributed by atoms with van der Waals surface area (Å²) in [5.41, 5.74) is 6.73. The van der Waals surface area contributed by atoms with Crippen LogP contribution in [0.25, 0.3) is 22.1 Å². The minimum absolute atomic E-state index is 0.224. The Balaban J connectivity index is 1.11. The van der Waals surface area contributed by atoms with Gasteiger partial charge in [-0.25, -0.2) is 9.37 Å². The summed E-state index contributed by atoms with van der Waals surface area (Å²) < 4.78 is 16.5. The Labute approximate surface area is 231 Å². The Morgan fingerprint density at radius 2 is 1.82 bits per heavy atom. The third kappa shape index (κ3) is 5.39. The molecule has 39 heavy (non-hydrogen) atoms. The van der Waals surface area contributed by atoms with Gasteiger partial charge in [-0.2, -0.15) is 0 Å². The lowest BCUT2D eigenvalue weighted by Gasteiger charge is -2.29. The molecule has 3 heterocycles. The normalized spacial score (nSPS) is 13.2. The van der Waals surface area contributed by atoms with E-state index in [0.29, 0.717) is 35.9 Å². The highest BCUT2D eigenvalue weighted by atomic mass is 32.2. The summed E-state index contributed by atoms with van der Waals surface area (Å²) in [7, 11) is 0. The number of hydrogen-bond acceptors (Lipinski definition) is 5. The van der Waals surface area contributed by atoms with Crippen LogP contribution in [0.3, 0.4) is 0 Å². The van der Waals surface area contributed by atoms with Gasteiger partial charge >= 0.3 is 0 Å². The molecule has 2 aromatic heterocycles. The monoisotopic (exact) mass is 539 g/mol. The molecule has 0 unspecified atom stereocenters. The number of fused-ring (bicyclic) bond motifs is 4. The van der Waals surface area contributed by atoms with Crippen LogP contribution in [0.4, 0.5) is 4.39 Å². The fourth-order valence-corrected chi connectivity index (χ4v) is 6.06. The number of nitrogens with zero attached hydrogens (tertiary/aromatic N) is 5. The largest absolute Gasteiger partial charge is 0.338 e. The first-order chi connectivity index (χ1) is 19.1. The predicted molar refractivity (Wildman–Crippen MR) is 153 cm³/mol. The van der Waals surface area contributed by atoms with Crippen LogP contribution in [-0.4, -0.2) is 42.9 Å². The smallest absolute Gasteiger partial charge is 0.222 e. The summed E-state index contributed by atoms with van der Waals surface area (Å²) in [6.45, 7) is 3.91. The number of carbonyl (C=O) groups excluding carboxylic acids is 1. The molecular weight excluding hydrogens is 509 g/mol. The van der Waals surface area contributed by atoms with Gasteiger partial charge < -0.3 is 9.47 Å². The number of aryl methyl sites for hydroxylation is 1. The van der Waals surface area contributed by atoms with Gasteiger partial charge in [-0.1, -0.05) is 65.9 Å². The molecule has 6 rings (SSSR count). The van der Waals surface area contributed by atoms with Crippen molar-refractivity contribution in [2.75, 3.05) is 12.3 Å². The maximum absolute atomic E-state index is 14.5. The first kappa shape index (κ1) is 25.5. The first-order valence-electron chi connectivity index (χ1n) is 13.4. The third-order valence-electron chi connectivity index (χ3n) is 7.39. The molecule has 0 radical (unpaired) electrons. The van der Waals surface area contributed by atoms with E-state index < -0.39 is 0 Å². The number of aromatic nitrogens is 4. The summed E-state index contributed by atoms with van der Waals surface area (Å²) in [6, 6.07) is 21.4. The first-order valence-corrected chi connectivity index (χ1v) is 14.4. The summed E-state index contributed by atoms with van der Waals surface area (Å²) in [5, 5.41) is 10.5. The van der Waals surface area contributed by atoms with E-state index in [0.717, 1.165) is 53.5 Å². The number of halogens is 1. The van der Waals surface area contributed by atoms with Crippen LogP contribution in [0.5, 0.6) is 0 Å². The Morgan fingerprint density at radius 3 is 2.69 bits per heavy atom. The van der Waals surface area contributed by atoms with Crippen LogP contribution in [0.1, 0.15) is 41.5 Å². The Morgan fingerprint density at radius 1 is 1.00 bits per heavy atom. The number of rotatable bonds is 8. The zero-order valence-corrected chi connectivity index (χ0v) is 22.8. The average Bonchev–Trinajstić information content (AvgIpc) is 3.25. The van der Waals surface area contributed by atoms with E-state index in [-0.39, 0.29) is 11.7 Å². The van der Waals surface area contributed by atoms with Crippen molar-refractivity contribution in [2.24, 2.45) is 0 Å². The fraction of sp³-hybridized carbons (Fsp3) is 0.290. The van der Waals surface area contributed by atoms with Crippen molar-refractivity contribution in [3.63, 3.8) is 0 Å². The molecule has 3 aromatic carbocycles. The molecule has 0 spiro atoms. The van der Waals surface area contributed by atoms with Crippen LogP contribution in [0, 0.1) is 12.7 Å². The highest BCUT2D eigenvalue weighted by molar-refractivity contribution is 7.99. The van der Waals surface area contributed by atoms with Crippen LogP contribution in [0.15, 0.2) is 71.9 Å². The van der Waals surface area contributed by atoms with Crippen molar-refractivity contribution in [3.8, 4) is 0 Å². The molecule has 6 nitrogen and oxygen atoms in total. The van der Waals surface area contributed by atoms with Gasteiger partial charge in [0.05, 0.1) is 12.1 Å². The van der Waals surface area contributed by atoms with E-state index in [1.807, 2.05) is 40.7 Å². The number of unbranched alkanes of at least 4 members (excludes halogenated alkanes) is 1. The maximum Gasteiger partial charge on any atom is 0.222 e. The molecule has 0 aliphatic carbocycles. The van der Waals surface area contributed by atoms with Gasteiger partial charge in [-0.15, -0.1) is 10.2 Å². The zero-order valence-electron chi connectivity index (χ0n) is 21.9. The average molecular weight is 540 g/mol. The van der Waals surface area contributed by atoms with E-state index >= 15 is 0 Å². The lowest BCUT2D eigenvalue weighted by molar-refractivity contribution is -0.132. The van der Waals surface area contributed by atoms with Crippen molar-refractivity contribution < 1.29 is 9.18 Å². The Hall–Kier alpha value is -3.78. The topological polar surface area (TPSA) is 63.9 Å². The zero-order chi connectivity index (χ0) is 26.8. The molecule has 1 amide bonds. The standard InChI is InChI=1S/C31H30FN5OS/c1-21-13-14-27-25(18-21)29-30(37(27)20-24-10-4-5-11-26(24)32)33-31(35-34-29)39-17-7-6-12-28(38)36-16-15-22-8-2-3-9-23(22)19-36/h2-5,8-11,13-14,18H,6-7,12,15-17,19-20H2,1H3. The van der Waals surface area contributed by atoms with E-state index in [2.05, 4.69) is 34.5 Å². The maximum atomic E-state index is 14.5. The molecule has 0 N–H and O–H groups in total. The highest BCUT2D eigenvalue weighted by Gasteiger charge is 2.20. The van der Waals surface area contributed by atoms with Gasteiger partial charge in [-0.05, 0) is 55.5 Å². The molecule has 0 atom stereocenters. The number of carbonyl (C=O) groups is 1. The van der Waals surface area contributed by atoms with Crippen LogP contribution < -0.4 is 0 Å². The quantitative estimate of drug-likeness (QED) is 0.171. The molecule has 1 aliphatic heterocycles. The summed E-state index contributed by atoms with van der Waals surface area (Å²) in [5.74, 6) is 0.789. The summed E-state index contributed by atoms with van der Waals surface area (Å²) >= 11 is 1.55. The fourth-order valence-electron chi connectivity index (χ4n) is 5.28. The van der Waals surface area contributed by atoms with E-state index in [1.54, 1.807) is 23.9 Å². The second-order valence-corrected chi connectivity index (χ2v) is 11.2. The molecule has 0 saturated heterocycles. The van der Waals surface area contributed by atoms with Crippen molar-refractivity contribution in [1.82, 2.24) is 24.6 Å². The van der Waals surface area contributed by atoms with Gasteiger partial charge in [0.2, 0.25) is 11.1 Å². The van der Waals surface area contributed by atoms with Crippen LogP contribution in [-0.2, 0) is 24.3 Å². The second kappa shape index (κ2) is 11.1.